The molecule has 0 fully saturated rings. The molecule has 15 heavy (non-hydrogen) atoms. The van der Waals surface area contributed by atoms with E-state index in [1.54, 1.807) is 18.8 Å². The Balaban J connectivity index is 1.83. The van der Waals surface area contributed by atoms with Crippen molar-refractivity contribution < 1.29 is 4.42 Å². The molecule has 78 valence electrons. The van der Waals surface area contributed by atoms with Crippen LogP contribution >= 0.6 is 15.9 Å². The van der Waals surface area contributed by atoms with Crippen LogP contribution in [0.4, 0.5) is 0 Å². The second kappa shape index (κ2) is 5.04. The van der Waals surface area contributed by atoms with Gasteiger partial charge >= 0.3 is 0 Å². The first-order chi connectivity index (χ1) is 7.36. The summed E-state index contributed by atoms with van der Waals surface area (Å²) in [6.45, 7) is 1.38. The van der Waals surface area contributed by atoms with Gasteiger partial charge in [0.1, 0.15) is 12.1 Å². The lowest BCUT2D eigenvalue weighted by atomic mass is 10.4. The van der Waals surface area contributed by atoms with Crippen molar-refractivity contribution in [2.24, 2.45) is 0 Å². The van der Waals surface area contributed by atoms with E-state index in [1.165, 1.54) is 0 Å². The molecule has 2 aromatic heterocycles. The summed E-state index contributed by atoms with van der Waals surface area (Å²) in [5.74, 6) is 0.893. The van der Waals surface area contributed by atoms with E-state index >= 15 is 0 Å². The van der Waals surface area contributed by atoms with Gasteiger partial charge in [-0.15, -0.1) is 0 Å². The molecule has 5 heteroatoms. The second-order valence-corrected chi connectivity index (χ2v) is 3.85. The number of aromatic nitrogens is 2. The maximum Gasteiger partial charge on any atom is 0.131 e. The predicted molar refractivity (Wildman–Crippen MR) is 59.0 cm³/mol. The Morgan fingerprint density at radius 2 is 2.27 bits per heavy atom. The molecule has 0 amide bonds. The molecule has 4 nitrogen and oxygen atoms in total. The maximum atomic E-state index is 5.26. The summed E-state index contributed by atoms with van der Waals surface area (Å²) < 4.78 is 6.24. The Hall–Kier alpha value is -1.20. The van der Waals surface area contributed by atoms with Crippen molar-refractivity contribution in [1.82, 2.24) is 15.3 Å². The van der Waals surface area contributed by atoms with Gasteiger partial charge in [-0.3, -0.25) is 0 Å². The SMILES string of the molecule is Brc1ccoc1CNCc1ccncn1. The van der Waals surface area contributed by atoms with Crippen LogP contribution in [0.15, 0.2) is 39.8 Å². The van der Waals surface area contributed by atoms with Gasteiger partial charge in [-0.25, -0.2) is 9.97 Å². The third-order valence-corrected chi connectivity index (χ3v) is 2.63. The summed E-state index contributed by atoms with van der Waals surface area (Å²) in [6, 6.07) is 3.76. The third kappa shape index (κ3) is 2.87. The zero-order valence-corrected chi connectivity index (χ0v) is 9.57. The van der Waals surface area contributed by atoms with Crippen molar-refractivity contribution >= 4 is 15.9 Å². The fourth-order valence-corrected chi connectivity index (χ4v) is 1.52. The molecule has 2 rings (SSSR count). The summed E-state index contributed by atoms with van der Waals surface area (Å²) in [4.78, 5) is 7.96. The molecule has 0 saturated carbocycles. The molecule has 0 unspecified atom stereocenters. The van der Waals surface area contributed by atoms with Gasteiger partial charge in [-0.1, -0.05) is 0 Å². The minimum atomic E-state index is 0.678. The van der Waals surface area contributed by atoms with Crippen LogP contribution in [-0.4, -0.2) is 9.97 Å². The zero-order chi connectivity index (χ0) is 10.5. The van der Waals surface area contributed by atoms with E-state index in [9.17, 15) is 0 Å². The number of nitrogens with one attached hydrogen (secondary N) is 1. The van der Waals surface area contributed by atoms with Gasteiger partial charge in [-0.05, 0) is 28.1 Å². The molecule has 0 aliphatic rings. The minimum Gasteiger partial charge on any atom is -0.467 e. The summed E-state index contributed by atoms with van der Waals surface area (Å²) in [7, 11) is 0. The van der Waals surface area contributed by atoms with Gasteiger partial charge in [0.05, 0.1) is 23.0 Å². The Morgan fingerprint density at radius 3 is 2.93 bits per heavy atom. The molecular formula is C10H10BrN3O. The van der Waals surface area contributed by atoms with Gasteiger partial charge in [0.15, 0.2) is 0 Å². The van der Waals surface area contributed by atoms with E-state index in [1.807, 2.05) is 12.1 Å². The largest absolute Gasteiger partial charge is 0.467 e. The number of furan rings is 1. The van der Waals surface area contributed by atoms with Crippen molar-refractivity contribution in [2.75, 3.05) is 0 Å². The van der Waals surface area contributed by atoms with Crippen LogP contribution in [0.1, 0.15) is 11.5 Å². The fraction of sp³-hybridized carbons (Fsp3) is 0.200. The van der Waals surface area contributed by atoms with Crippen LogP contribution in [0, 0.1) is 0 Å². The molecule has 0 saturated heterocycles. The third-order valence-electron chi connectivity index (χ3n) is 1.93. The van der Waals surface area contributed by atoms with Gasteiger partial charge in [0.2, 0.25) is 0 Å². The van der Waals surface area contributed by atoms with Crippen molar-refractivity contribution in [3.63, 3.8) is 0 Å². The summed E-state index contributed by atoms with van der Waals surface area (Å²) in [5.41, 5.74) is 0.965. The zero-order valence-electron chi connectivity index (χ0n) is 7.98. The molecule has 0 aliphatic heterocycles. The number of rotatable bonds is 4. The smallest absolute Gasteiger partial charge is 0.131 e. The molecule has 2 heterocycles. The molecule has 0 radical (unpaired) electrons. The van der Waals surface area contributed by atoms with Crippen LogP contribution < -0.4 is 5.32 Å². The van der Waals surface area contributed by atoms with Gasteiger partial charge < -0.3 is 9.73 Å². The van der Waals surface area contributed by atoms with Crippen molar-refractivity contribution in [2.45, 2.75) is 13.1 Å². The summed E-state index contributed by atoms with van der Waals surface area (Å²) in [6.07, 6.45) is 4.93. The standard InChI is InChI=1S/C10H10BrN3O/c11-9-2-4-15-10(9)6-13-5-8-1-3-12-7-14-8/h1-4,7,13H,5-6H2. The quantitative estimate of drug-likeness (QED) is 0.922. The van der Waals surface area contributed by atoms with Crippen LogP contribution in [0.3, 0.4) is 0 Å². The second-order valence-electron chi connectivity index (χ2n) is 3.00. The van der Waals surface area contributed by atoms with Crippen LogP contribution in [0.25, 0.3) is 0 Å². The average molecular weight is 268 g/mol. The van der Waals surface area contributed by atoms with Crippen LogP contribution in [0.5, 0.6) is 0 Å². The monoisotopic (exact) mass is 267 g/mol. The lowest BCUT2D eigenvalue weighted by molar-refractivity contribution is 0.479. The van der Waals surface area contributed by atoms with Gasteiger partial charge in [0, 0.05) is 12.7 Å². The highest BCUT2D eigenvalue weighted by atomic mass is 79.9. The number of halogens is 1. The van der Waals surface area contributed by atoms with E-state index in [0.29, 0.717) is 13.1 Å². The molecule has 0 aromatic carbocycles. The number of nitrogens with zero attached hydrogens (tertiary/aromatic N) is 2. The van der Waals surface area contributed by atoms with E-state index in [4.69, 9.17) is 4.42 Å². The molecule has 0 atom stereocenters. The fourth-order valence-electron chi connectivity index (χ4n) is 1.18. The topological polar surface area (TPSA) is 51.0 Å². The van der Waals surface area contributed by atoms with E-state index in [2.05, 4.69) is 31.2 Å². The predicted octanol–water partition coefficient (Wildman–Crippen LogP) is 2.12. The van der Waals surface area contributed by atoms with Crippen LogP contribution in [0.2, 0.25) is 0 Å². The van der Waals surface area contributed by atoms with E-state index < -0.39 is 0 Å². The Morgan fingerprint density at radius 1 is 1.33 bits per heavy atom. The van der Waals surface area contributed by atoms with Crippen molar-refractivity contribution in [3.8, 4) is 0 Å². The highest BCUT2D eigenvalue weighted by molar-refractivity contribution is 9.10. The van der Waals surface area contributed by atoms with Crippen molar-refractivity contribution in [1.29, 1.82) is 0 Å². The lowest BCUT2D eigenvalue weighted by Crippen LogP contribution is -2.13. The highest BCUT2D eigenvalue weighted by Gasteiger charge is 2.02. The van der Waals surface area contributed by atoms with Crippen molar-refractivity contribution in [3.05, 3.63) is 46.8 Å². The van der Waals surface area contributed by atoms with Gasteiger partial charge in [-0.2, -0.15) is 0 Å². The molecule has 1 N–H and O–H groups in total. The Kier molecular flexibility index (Phi) is 3.47. The first kappa shape index (κ1) is 10.3. The normalized spacial score (nSPS) is 10.5. The Bertz CT molecular complexity index is 416. The summed E-state index contributed by atoms with van der Waals surface area (Å²) in [5, 5.41) is 3.23. The lowest BCUT2D eigenvalue weighted by Gasteiger charge is -2.01. The first-order valence-electron chi connectivity index (χ1n) is 4.54. The van der Waals surface area contributed by atoms with Gasteiger partial charge in [0.25, 0.3) is 0 Å². The number of hydrogen-bond acceptors (Lipinski definition) is 4. The molecule has 0 aliphatic carbocycles. The van der Waals surface area contributed by atoms with E-state index in [-0.39, 0.29) is 0 Å². The average Bonchev–Trinajstić information content (AvgIpc) is 2.66. The minimum absolute atomic E-state index is 0.678. The van der Waals surface area contributed by atoms with Crippen LogP contribution in [-0.2, 0) is 13.1 Å². The molecular weight excluding hydrogens is 258 g/mol. The first-order valence-corrected chi connectivity index (χ1v) is 5.33. The molecule has 0 bridgehead atoms. The Labute approximate surface area is 95.9 Å². The maximum absolute atomic E-state index is 5.26. The molecule has 2 aromatic rings. The number of hydrogen-bond donors (Lipinski definition) is 1. The molecule has 0 spiro atoms. The summed E-state index contributed by atoms with van der Waals surface area (Å²) >= 11 is 3.39. The highest BCUT2D eigenvalue weighted by Crippen LogP contribution is 2.16. The van der Waals surface area contributed by atoms with E-state index in [0.717, 1.165) is 15.9 Å².